The third-order valence-corrected chi connectivity index (χ3v) is 2.65. The summed E-state index contributed by atoms with van der Waals surface area (Å²) in [6, 6.07) is 1.68. The van der Waals surface area contributed by atoms with Gasteiger partial charge < -0.3 is 5.11 Å². The van der Waals surface area contributed by atoms with Crippen LogP contribution in [0.2, 0.25) is 8.67 Å². The van der Waals surface area contributed by atoms with Gasteiger partial charge in [0.1, 0.15) is 4.34 Å². The second kappa shape index (κ2) is 3.09. The van der Waals surface area contributed by atoms with E-state index in [-0.39, 0.29) is 0 Å². The molecule has 0 spiro atoms. The minimum atomic E-state index is -0.531. The fourth-order valence-electron chi connectivity index (χ4n) is 0.638. The van der Waals surface area contributed by atoms with E-state index in [0.717, 1.165) is 0 Å². The molecule has 0 aliphatic heterocycles. The van der Waals surface area contributed by atoms with Crippen LogP contribution < -0.4 is 0 Å². The lowest BCUT2D eigenvalue weighted by molar-refractivity contribution is 0.200. The van der Waals surface area contributed by atoms with Gasteiger partial charge in [-0.15, -0.1) is 11.3 Å². The smallest absolute Gasteiger partial charge is 0.100 e. The molecule has 1 nitrogen and oxygen atoms in total. The van der Waals surface area contributed by atoms with Crippen LogP contribution in [-0.4, -0.2) is 5.11 Å². The third kappa shape index (κ3) is 1.64. The van der Waals surface area contributed by atoms with Gasteiger partial charge in [-0.25, -0.2) is 0 Å². The average Bonchev–Trinajstić information content (AvgIpc) is 2.10. The van der Waals surface area contributed by atoms with E-state index >= 15 is 0 Å². The molecular weight excluding hydrogens is 191 g/mol. The van der Waals surface area contributed by atoms with Gasteiger partial charge in [-0.3, -0.25) is 0 Å². The van der Waals surface area contributed by atoms with Crippen LogP contribution in [-0.2, 0) is 0 Å². The van der Waals surface area contributed by atoms with Crippen LogP contribution in [0.15, 0.2) is 6.07 Å². The van der Waals surface area contributed by atoms with Crippen molar-refractivity contribution in [3.8, 4) is 0 Å². The Morgan fingerprint density at radius 3 is 2.40 bits per heavy atom. The van der Waals surface area contributed by atoms with Gasteiger partial charge >= 0.3 is 0 Å². The topological polar surface area (TPSA) is 20.2 Å². The van der Waals surface area contributed by atoms with E-state index in [9.17, 15) is 0 Å². The molecule has 0 aromatic carbocycles. The number of aliphatic hydroxyl groups is 1. The fraction of sp³-hybridized carbons (Fsp3) is 0.333. The highest BCUT2D eigenvalue weighted by Gasteiger charge is 2.09. The quantitative estimate of drug-likeness (QED) is 0.733. The molecule has 1 N–H and O–H groups in total. The van der Waals surface area contributed by atoms with Crippen LogP contribution in [0.25, 0.3) is 0 Å². The van der Waals surface area contributed by atoms with Crippen molar-refractivity contribution in [1.82, 2.24) is 0 Å². The van der Waals surface area contributed by atoms with E-state index in [1.807, 2.05) is 0 Å². The van der Waals surface area contributed by atoms with Gasteiger partial charge in [0.2, 0.25) is 0 Å². The average molecular weight is 197 g/mol. The molecular formula is C6H6Cl2OS. The van der Waals surface area contributed by atoms with Crippen molar-refractivity contribution in [3.63, 3.8) is 0 Å². The standard InChI is InChI=1S/C6H6Cl2OS/c1-3(9)4-2-5(7)10-6(4)8/h2-3,9H,1H3/t3-/m1/s1. The van der Waals surface area contributed by atoms with E-state index in [0.29, 0.717) is 14.2 Å². The van der Waals surface area contributed by atoms with Crippen molar-refractivity contribution >= 4 is 34.5 Å². The molecule has 0 aliphatic carbocycles. The molecule has 1 rings (SSSR count). The number of aliphatic hydroxyl groups excluding tert-OH is 1. The third-order valence-electron chi connectivity index (χ3n) is 1.13. The van der Waals surface area contributed by atoms with Crippen LogP contribution >= 0.6 is 34.5 Å². The molecule has 0 bridgehead atoms. The zero-order valence-corrected chi connectivity index (χ0v) is 7.59. The Balaban J connectivity index is 3.03. The van der Waals surface area contributed by atoms with Gasteiger partial charge in [0, 0.05) is 5.56 Å². The first kappa shape index (κ1) is 8.34. The predicted octanol–water partition coefficient (Wildman–Crippen LogP) is 3.11. The number of hydrogen-bond donors (Lipinski definition) is 1. The molecule has 0 fully saturated rings. The molecule has 4 heteroatoms. The van der Waals surface area contributed by atoms with Crippen molar-refractivity contribution in [2.24, 2.45) is 0 Å². The summed E-state index contributed by atoms with van der Waals surface area (Å²) < 4.78 is 1.18. The van der Waals surface area contributed by atoms with Crippen LogP contribution in [0, 0.1) is 0 Å². The Kier molecular flexibility index (Phi) is 2.58. The molecule has 1 aromatic rings. The predicted molar refractivity (Wildman–Crippen MR) is 45.0 cm³/mol. The van der Waals surface area contributed by atoms with E-state index in [2.05, 4.69) is 0 Å². The van der Waals surface area contributed by atoms with Gasteiger partial charge in [0.05, 0.1) is 10.4 Å². The molecule has 0 radical (unpaired) electrons. The lowest BCUT2D eigenvalue weighted by Crippen LogP contribution is -1.86. The molecule has 0 unspecified atom stereocenters. The number of halogens is 2. The first-order valence-electron chi connectivity index (χ1n) is 2.74. The van der Waals surface area contributed by atoms with Crippen LogP contribution in [0.5, 0.6) is 0 Å². The molecule has 10 heavy (non-hydrogen) atoms. The SMILES string of the molecule is C[C@@H](O)c1cc(Cl)sc1Cl. The highest BCUT2D eigenvalue weighted by atomic mass is 35.5. The first-order chi connectivity index (χ1) is 4.61. The summed E-state index contributed by atoms with van der Waals surface area (Å²) in [5.41, 5.74) is 0.705. The first-order valence-corrected chi connectivity index (χ1v) is 4.31. The lowest BCUT2D eigenvalue weighted by Gasteiger charge is -1.98. The minimum Gasteiger partial charge on any atom is -0.389 e. The number of hydrogen-bond acceptors (Lipinski definition) is 2. The van der Waals surface area contributed by atoms with E-state index in [1.54, 1.807) is 13.0 Å². The van der Waals surface area contributed by atoms with Crippen LogP contribution in [0.4, 0.5) is 0 Å². The molecule has 0 saturated heterocycles. The normalized spacial score (nSPS) is 13.6. The molecule has 1 atom stereocenters. The van der Waals surface area contributed by atoms with Gasteiger partial charge in [0.15, 0.2) is 0 Å². The summed E-state index contributed by atoms with van der Waals surface area (Å²) in [6.07, 6.45) is -0.531. The van der Waals surface area contributed by atoms with E-state index in [4.69, 9.17) is 28.3 Å². The second-order valence-electron chi connectivity index (χ2n) is 1.96. The summed E-state index contributed by atoms with van der Waals surface area (Å²) in [5.74, 6) is 0. The van der Waals surface area contributed by atoms with Crippen molar-refractivity contribution in [3.05, 3.63) is 20.3 Å². The maximum Gasteiger partial charge on any atom is 0.100 e. The Morgan fingerprint density at radius 2 is 2.20 bits per heavy atom. The largest absolute Gasteiger partial charge is 0.389 e. The van der Waals surface area contributed by atoms with Gasteiger partial charge in [0.25, 0.3) is 0 Å². The summed E-state index contributed by atoms with van der Waals surface area (Å²) in [4.78, 5) is 0. The molecule has 56 valence electrons. The Morgan fingerprint density at radius 1 is 1.60 bits per heavy atom. The second-order valence-corrected chi connectivity index (χ2v) is 4.24. The van der Waals surface area contributed by atoms with Crippen molar-refractivity contribution < 1.29 is 5.11 Å². The van der Waals surface area contributed by atoms with E-state index < -0.39 is 6.10 Å². The number of thiophene rings is 1. The molecule has 1 heterocycles. The molecule has 1 aromatic heterocycles. The van der Waals surface area contributed by atoms with Crippen molar-refractivity contribution in [2.45, 2.75) is 13.0 Å². The molecule has 0 saturated carbocycles. The zero-order chi connectivity index (χ0) is 7.72. The Bertz CT molecular complexity index is 232. The Labute approximate surface area is 73.2 Å². The maximum atomic E-state index is 9.08. The van der Waals surface area contributed by atoms with Crippen molar-refractivity contribution in [1.29, 1.82) is 0 Å². The number of rotatable bonds is 1. The molecule has 0 aliphatic rings. The maximum absolute atomic E-state index is 9.08. The van der Waals surface area contributed by atoms with Gasteiger partial charge in [-0.1, -0.05) is 23.2 Å². The lowest BCUT2D eigenvalue weighted by atomic mass is 10.2. The summed E-state index contributed by atoms with van der Waals surface area (Å²) in [5, 5.41) is 9.08. The summed E-state index contributed by atoms with van der Waals surface area (Å²) in [6.45, 7) is 1.66. The zero-order valence-electron chi connectivity index (χ0n) is 5.27. The monoisotopic (exact) mass is 196 g/mol. The van der Waals surface area contributed by atoms with Crippen molar-refractivity contribution in [2.75, 3.05) is 0 Å². The van der Waals surface area contributed by atoms with E-state index in [1.165, 1.54) is 11.3 Å². The summed E-state index contributed by atoms with van der Waals surface area (Å²) >= 11 is 12.6. The van der Waals surface area contributed by atoms with Gasteiger partial charge in [-0.2, -0.15) is 0 Å². The fourth-order valence-corrected chi connectivity index (χ4v) is 2.27. The highest BCUT2D eigenvalue weighted by Crippen LogP contribution is 2.34. The molecule has 0 amide bonds. The minimum absolute atomic E-state index is 0.531. The Hall–Kier alpha value is 0.240. The summed E-state index contributed by atoms with van der Waals surface area (Å²) in [7, 11) is 0. The highest BCUT2D eigenvalue weighted by molar-refractivity contribution is 7.20. The van der Waals surface area contributed by atoms with Gasteiger partial charge in [-0.05, 0) is 13.0 Å². The van der Waals surface area contributed by atoms with Crippen LogP contribution in [0.1, 0.15) is 18.6 Å². The van der Waals surface area contributed by atoms with Crippen LogP contribution in [0.3, 0.4) is 0 Å².